The van der Waals surface area contributed by atoms with Crippen molar-refractivity contribution >= 4 is 22.3 Å². The van der Waals surface area contributed by atoms with Gasteiger partial charge in [-0.25, -0.2) is 0 Å². The van der Waals surface area contributed by atoms with E-state index in [4.69, 9.17) is 4.42 Å². The van der Waals surface area contributed by atoms with Crippen LogP contribution in [0.3, 0.4) is 0 Å². The van der Waals surface area contributed by atoms with Gasteiger partial charge in [-0.1, -0.05) is 6.07 Å². The molecule has 0 bridgehead atoms. The van der Waals surface area contributed by atoms with E-state index < -0.39 is 12.7 Å². The number of likely N-dealkylation sites (tertiary alicyclic amines) is 1. The summed E-state index contributed by atoms with van der Waals surface area (Å²) in [6, 6.07) is 7.31. The lowest BCUT2D eigenvalue weighted by molar-refractivity contribution is -0.139. The van der Waals surface area contributed by atoms with Gasteiger partial charge in [0.15, 0.2) is 0 Å². The van der Waals surface area contributed by atoms with Gasteiger partial charge in [0.05, 0.1) is 23.9 Å². The highest BCUT2D eigenvalue weighted by atomic mass is 19.4. The molecule has 3 N–H and O–H groups in total. The number of halogens is 3. The van der Waals surface area contributed by atoms with Gasteiger partial charge in [0.25, 0.3) is 5.89 Å². The van der Waals surface area contributed by atoms with Crippen LogP contribution in [0.2, 0.25) is 0 Å². The molecule has 1 fully saturated rings. The van der Waals surface area contributed by atoms with Gasteiger partial charge in [-0.05, 0) is 51.2 Å². The van der Waals surface area contributed by atoms with Crippen molar-refractivity contribution in [1.82, 2.24) is 29.9 Å². The van der Waals surface area contributed by atoms with E-state index in [2.05, 4.69) is 43.0 Å². The van der Waals surface area contributed by atoms with Crippen LogP contribution in [0.25, 0.3) is 22.5 Å². The molecule has 180 valence electrons. The molecule has 34 heavy (non-hydrogen) atoms. The van der Waals surface area contributed by atoms with Crippen LogP contribution in [0.5, 0.6) is 0 Å². The topological polar surface area (TPSA) is 99.8 Å². The highest BCUT2D eigenvalue weighted by Gasteiger charge is 2.31. The van der Waals surface area contributed by atoms with Gasteiger partial charge in [-0.3, -0.25) is 5.10 Å². The first-order valence-corrected chi connectivity index (χ1v) is 11.1. The van der Waals surface area contributed by atoms with Gasteiger partial charge in [0.1, 0.15) is 12.2 Å². The van der Waals surface area contributed by atoms with Crippen molar-refractivity contribution in [2.45, 2.75) is 38.1 Å². The molecule has 0 radical (unpaired) electrons. The second kappa shape index (κ2) is 9.01. The molecular formula is C22H25F3N8O. The zero-order chi connectivity index (χ0) is 23.7. The summed E-state index contributed by atoms with van der Waals surface area (Å²) in [5, 5.41) is 21.8. The Kier molecular flexibility index (Phi) is 5.90. The summed E-state index contributed by atoms with van der Waals surface area (Å²) in [6.07, 6.45) is 0.790. The molecule has 4 heterocycles. The van der Waals surface area contributed by atoms with E-state index in [-0.39, 0.29) is 30.1 Å². The third-order valence-corrected chi connectivity index (χ3v) is 5.99. The molecule has 3 aromatic heterocycles. The third-order valence-electron chi connectivity index (χ3n) is 5.99. The molecule has 1 saturated heterocycles. The van der Waals surface area contributed by atoms with Crippen LogP contribution in [0, 0.1) is 0 Å². The summed E-state index contributed by atoms with van der Waals surface area (Å²) in [4.78, 5) is 2.27. The first-order valence-electron chi connectivity index (χ1n) is 11.1. The molecular weight excluding hydrogens is 449 g/mol. The van der Waals surface area contributed by atoms with Gasteiger partial charge >= 0.3 is 6.18 Å². The third kappa shape index (κ3) is 4.86. The Morgan fingerprint density at radius 1 is 1.21 bits per heavy atom. The van der Waals surface area contributed by atoms with Crippen molar-refractivity contribution < 1.29 is 17.6 Å². The van der Waals surface area contributed by atoms with Gasteiger partial charge in [0.2, 0.25) is 5.89 Å². The molecule has 0 aliphatic carbocycles. The number of nitrogens with one attached hydrogen (secondary N) is 3. The molecule has 0 unspecified atom stereocenters. The lowest BCUT2D eigenvalue weighted by Crippen LogP contribution is -2.36. The number of aromatic nitrogens is 5. The molecule has 12 heteroatoms. The van der Waals surface area contributed by atoms with Gasteiger partial charge in [0, 0.05) is 23.3 Å². The van der Waals surface area contributed by atoms with Gasteiger partial charge in [-0.15, -0.1) is 10.2 Å². The first-order chi connectivity index (χ1) is 16.4. The number of hydrogen-bond acceptors (Lipinski definition) is 7. The van der Waals surface area contributed by atoms with E-state index in [1.165, 1.54) is 4.57 Å². The van der Waals surface area contributed by atoms with Crippen molar-refractivity contribution in [2.24, 2.45) is 0 Å². The van der Waals surface area contributed by atoms with Crippen LogP contribution in [0.4, 0.5) is 24.5 Å². The number of anilines is 2. The molecule has 1 aliphatic heterocycles. The van der Waals surface area contributed by atoms with E-state index in [1.807, 2.05) is 6.07 Å². The fourth-order valence-corrected chi connectivity index (χ4v) is 4.26. The average Bonchev–Trinajstić information content (AvgIpc) is 3.54. The van der Waals surface area contributed by atoms with Crippen LogP contribution in [-0.4, -0.2) is 62.2 Å². The van der Waals surface area contributed by atoms with E-state index >= 15 is 0 Å². The summed E-state index contributed by atoms with van der Waals surface area (Å²) in [5.41, 5.74) is 2.22. The molecule has 5 rings (SSSR count). The standard InChI is InChI=1S/C22H25F3N8O/c1-32-7-5-14(6-8-32)29-17-3-2-4-18-16(17)9-19(33(18)13-22(23,24)25)21-31-30-20(34-21)12-26-15-10-27-28-11-15/h2-4,9-11,14,26,29H,5-8,12-13H2,1H3,(H,27,28). The summed E-state index contributed by atoms with van der Waals surface area (Å²) in [7, 11) is 2.09. The number of benzene rings is 1. The van der Waals surface area contributed by atoms with Crippen LogP contribution in [0.15, 0.2) is 41.1 Å². The second-order valence-electron chi connectivity index (χ2n) is 8.53. The molecule has 1 aliphatic rings. The fraction of sp³-hybridized carbons (Fsp3) is 0.409. The van der Waals surface area contributed by atoms with Crippen molar-refractivity contribution in [3.8, 4) is 11.6 Å². The Morgan fingerprint density at radius 3 is 2.76 bits per heavy atom. The second-order valence-corrected chi connectivity index (χ2v) is 8.53. The zero-order valence-electron chi connectivity index (χ0n) is 18.6. The molecule has 1 aromatic carbocycles. The van der Waals surface area contributed by atoms with Crippen molar-refractivity contribution in [3.05, 3.63) is 42.5 Å². The molecule has 9 nitrogen and oxygen atoms in total. The molecule has 0 amide bonds. The fourth-order valence-electron chi connectivity index (χ4n) is 4.26. The SMILES string of the molecule is CN1CCC(Nc2cccc3c2cc(-c2nnc(CNc4cn[nH]c4)o2)n3CC(F)(F)F)CC1. The number of H-pyrrole nitrogens is 1. The molecule has 4 aromatic rings. The Hall–Kier alpha value is -3.54. The number of hydrogen-bond donors (Lipinski definition) is 3. The number of nitrogens with zero attached hydrogens (tertiary/aromatic N) is 5. The lowest BCUT2D eigenvalue weighted by Gasteiger charge is -2.30. The molecule has 0 atom stereocenters. The minimum Gasteiger partial charge on any atom is -0.417 e. The quantitative estimate of drug-likeness (QED) is 0.371. The van der Waals surface area contributed by atoms with Crippen molar-refractivity contribution in [3.63, 3.8) is 0 Å². The number of piperidine rings is 1. The predicted octanol–water partition coefficient (Wildman–Crippen LogP) is 4.09. The van der Waals surface area contributed by atoms with E-state index in [0.29, 0.717) is 10.9 Å². The number of fused-ring (bicyclic) bond motifs is 1. The lowest BCUT2D eigenvalue weighted by atomic mass is 10.0. The zero-order valence-corrected chi connectivity index (χ0v) is 18.6. The average molecular weight is 474 g/mol. The molecule has 0 spiro atoms. The monoisotopic (exact) mass is 474 g/mol. The maximum atomic E-state index is 13.5. The summed E-state index contributed by atoms with van der Waals surface area (Å²) < 4.78 is 47.4. The maximum Gasteiger partial charge on any atom is 0.406 e. The van der Waals surface area contributed by atoms with Crippen LogP contribution >= 0.6 is 0 Å². The Morgan fingerprint density at radius 2 is 2.03 bits per heavy atom. The smallest absolute Gasteiger partial charge is 0.406 e. The summed E-state index contributed by atoms with van der Waals surface area (Å²) >= 11 is 0. The van der Waals surface area contributed by atoms with Gasteiger partial charge < -0.3 is 24.5 Å². The van der Waals surface area contributed by atoms with Crippen molar-refractivity contribution in [2.75, 3.05) is 30.8 Å². The predicted molar refractivity (Wildman–Crippen MR) is 121 cm³/mol. The largest absolute Gasteiger partial charge is 0.417 e. The maximum absolute atomic E-state index is 13.5. The summed E-state index contributed by atoms with van der Waals surface area (Å²) in [6.45, 7) is 1.01. The summed E-state index contributed by atoms with van der Waals surface area (Å²) in [5.74, 6) is 0.291. The Bertz CT molecular complexity index is 1240. The first kappa shape index (κ1) is 22.3. The van der Waals surface area contributed by atoms with E-state index in [0.717, 1.165) is 37.3 Å². The number of rotatable bonds is 7. The van der Waals surface area contributed by atoms with Crippen LogP contribution in [-0.2, 0) is 13.1 Å². The highest BCUT2D eigenvalue weighted by molar-refractivity contribution is 5.96. The molecule has 0 saturated carbocycles. The number of aromatic amines is 1. The number of alkyl halides is 3. The van der Waals surface area contributed by atoms with Gasteiger partial charge in [-0.2, -0.15) is 18.3 Å². The minimum atomic E-state index is -4.41. The Balaban J connectivity index is 1.47. The van der Waals surface area contributed by atoms with Crippen LogP contribution in [0.1, 0.15) is 18.7 Å². The van der Waals surface area contributed by atoms with Crippen molar-refractivity contribution in [1.29, 1.82) is 0 Å². The van der Waals surface area contributed by atoms with E-state index in [1.54, 1.807) is 30.6 Å². The normalized spacial score (nSPS) is 15.8. The minimum absolute atomic E-state index is 0.0367. The van der Waals surface area contributed by atoms with Crippen LogP contribution < -0.4 is 10.6 Å². The highest BCUT2D eigenvalue weighted by Crippen LogP contribution is 2.35. The Labute approximate surface area is 193 Å². The van der Waals surface area contributed by atoms with E-state index in [9.17, 15) is 13.2 Å².